The van der Waals surface area contributed by atoms with Crippen molar-refractivity contribution >= 4 is 17.5 Å². The summed E-state index contributed by atoms with van der Waals surface area (Å²) in [4.78, 5) is 0. The van der Waals surface area contributed by atoms with Crippen LogP contribution >= 0.6 is 11.8 Å². The van der Waals surface area contributed by atoms with Crippen LogP contribution in [0, 0.1) is 0 Å². The molecule has 1 aromatic heterocycles. The van der Waals surface area contributed by atoms with E-state index in [-0.39, 0.29) is 6.79 Å². The fourth-order valence-corrected chi connectivity index (χ4v) is 3.64. The van der Waals surface area contributed by atoms with Crippen LogP contribution in [0.1, 0.15) is 5.56 Å². The van der Waals surface area contributed by atoms with Crippen molar-refractivity contribution in [3.63, 3.8) is 0 Å². The zero-order chi connectivity index (χ0) is 17.5. The summed E-state index contributed by atoms with van der Waals surface area (Å²) >= 11 is 1.51. The Kier molecular flexibility index (Phi) is 3.49. The topological polar surface area (TPSA) is 70.4 Å². The van der Waals surface area contributed by atoms with Gasteiger partial charge in [-0.05, 0) is 30.3 Å². The second-order valence-electron chi connectivity index (χ2n) is 5.67. The molecule has 8 heteroatoms. The van der Waals surface area contributed by atoms with Gasteiger partial charge >= 0.3 is 0 Å². The number of benzene rings is 2. The Labute approximate surface area is 153 Å². The second-order valence-corrected chi connectivity index (χ2v) is 6.51. The van der Waals surface area contributed by atoms with E-state index in [4.69, 9.17) is 14.2 Å². The highest BCUT2D eigenvalue weighted by atomic mass is 32.2. The summed E-state index contributed by atoms with van der Waals surface area (Å²) < 4.78 is 18.2. The maximum Gasteiger partial charge on any atom is 0.231 e. The normalized spacial score (nSPS) is 14.4. The van der Waals surface area contributed by atoms with Gasteiger partial charge in [0, 0.05) is 11.0 Å². The minimum absolute atomic E-state index is 0.257. The predicted molar refractivity (Wildman–Crippen MR) is 97.8 cm³/mol. The lowest BCUT2D eigenvalue weighted by Crippen LogP contribution is -2.18. The molecule has 0 atom stereocenters. The molecule has 0 saturated carbocycles. The van der Waals surface area contributed by atoms with Crippen LogP contribution in [0.15, 0.2) is 53.0 Å². The van der Waals surface area contributed by atoms with Crippen LogP contribution in [0.4, 0.5) is 0 Å². The van der Waals surface area contributed by atoms with Crippen LogP contribution in [0.2, 0.25) is 0 Å². The van der Waals surface area contributed by atoms with Crippen molar-refractivity contribution in [2.45, 2.75) is 5.16 Å². The Balaban J connectivity index is 1.52. The van der Waals surface area contributed by atoms with Gasteiger partial charge in [0.2, 0.25) is 11.9 Å². The van der Waals surface area contributed by atoms with Crippen molar-refractivity contribution in [1.29, 1.82) is 0 Å². The molecule has 2 aliphatic rings. The molecule has 0 spiro atoms. The van der Waals surface area contributed by atoms with Gasteiger partial charge in [-0.3, -0.25) is 5.43 Å². The molecule has 3 heterocycles. The van der Waals surface area contributed by atoms with Crippen molar-refractivity contribution in [2.75, 3.05) is 19.3 Å². The minimum Gasteiger partial charge on any atom is -0.496 e. The second kappa shape index (κ2) is 5.99. The largest absolute Gasteiger partial charge is 0.496 e. The molecule has 0 unspecified atom stereocenters. The highest BCUT2D eigenvalue weighted by Gasteiger charge is 2.22. The molecule has 1 N–H and O–H groups in total. The maximum absolute atomic E-state index is 5.48. The van der Waals surface area contributed by atoms with Crippen molar-refractivity contribution in [3.8, 4) is 28.6 Å². The molecule has 2 aliphatic heterocycles. The lowest BCUT2D eigenvalue weighted by Gasteiger charge is -2.19. The summed E-state index contributed by atoms with van der Waals surface area (Å²) in [6.45, 7) is 0.257. The summed E-state index contributed by atoms with van der Waals surface area (Å²) in [7, 11) is 1.65. The number of fused-ring (bicyclic) bond motifs is 2. The monoisotopic (exact) mass is 366 g/mol. The fourth-order valence-electron chi connectivity index (χ4n) is 2.91. The first-order valence-corrected chi connectivity index (χ1v) is 8.84. The van der Waals surface area contributed by atoms with Gasteiger partial charge in [-0.15, -0.1) is 10.2 Å². The zero-order valence-corrected chi connectivity index (χ0v) is 14.6. The number of thioether (sulfide) groups is 1. The molecule has 5 rings (SSSR count). The lowest BCUT2D eigenvalue weighted by atomic mass is 10.1. The van der Waals surface area contributed by atoms with E-state index >= 15 is 0 Å². The third-order valence-corrected chi connectivity index (χ3v) is 5.01. The minimum atomic E-state index is 0.257. The van der Waals surface area contributed by atoms with Crippen molar-refractivity contribution < 1.29 is 14.2 Å². The average molecular weight is 366 g/mol. The third-order valence-electron chi connectivity index (χ3n) is 4.18. The number of rotatable bonds is 3. The van der Waals surface area contributed by atoms with Gasteiger partial charge in [-0.25, -0.2) is 4.68 Å². The molecule has 26 heavy (non-hydrogen) atoms. The highest BCUT2D eigenvalue weighted by molar-refractivity contribution is 8.02. The fraction of sp³-hybridized carbons (Fsp3) is 0.111. The SMILES string of the molecule is COc1ccccc1-c1nnc2n1NC(c1ccc3c(c1)OCO3)=CS2. The summed E-state index contributed by atoms with van der Waals surface area (Å²) in [5.74, 6) is 2.94. The first kappa shape index (κ1) is 15.2. The van der Waals surface area contributed by atoms with E-state index in [1.54, 1.807) is 7.11 Å². The van der Waals surface area contributed by atoms with E-state index in [0.29, 0.717) is 5.82 Å². The molecule has 0 aliphatic carbocycles. The number of hydrogen-bond donors (Lipinski definition) is 1. The number of para-hydroxylation sites is 1. The number of nitrogens with one attached hydrogen (secondary N) is 1. The Bertz CT molecular complexity index is 1030. The Morgan fingerprint density at radius 3 is 2.92 bits per heavy atom. The molecule has 7 nitrogen and oxygen atoms in total. The lowest BCUT2D eigenvalue weighted by molar-refractivity contribution is 0.174. The van der Waals surface area contributed by atoms with Gasteiger partial charge in [0.05, 0.1) is 18.4 Å². The maximum atomic E-state index is 5.48. The molecule has 130 valence electrons. The van der Waals surface area contributed by atoms with E-state index in [0.717, 1.165) is 39.2 Å². The number of ether oxygens (including phenoxy) is 3. The van der Waals surface area contributed by atoms with Crippen LogP contribution in [0.3, 0.4) is 0 Å². The average Bonchev–Trinajstić information content (AvgIpc) is 3.33. The van der Waals surface area contributed by atoms with Crippen LogP contribution in [-0.2, 0) is 0 Å². The number of aromatic nitrogens is 3. The quantitative estimate of drug-likeness (QED) is 0.762. The summed E-state index contributed by atoms with van der Waals surface area (Å²) in [5.41, 5.74) is 6.17. The van der Waals surface area contributed by atoms with Gasteiger partial charge < -0.3 is 14.2 Å². The Hall–Kier alpha value is -3.13. The molecule has 0 amide bonds. The predicted octanol–water partition coefficient (Wildman–Crippen LogP) is 3.33. The molecule has 0 radical (unpaired) electrons. The van der Waals surface area contributed by atoms with E-state index in [2.05, 4.69) is 15.6 Å². The van der Waals surface area contributed by atoms with E-state index in [9.17, 15) is 0 Å². The number of methoxy groups -OCH3 is 1. The Morgan fingerprint density at radius 2 is 2.00 bits per heavy atom. The first-order chi connectivity index (χ1) is 12.8. The molecular weight excluding hydrogens is 352 g/mol. The van der Waals surface area contributed by atoms with Gasteiger partial charge in [0.1, 0.15) is 5.75 Å². The van der Waals surface area contributed by atoms with E-state index in [1.807, 2.05) is 52.5 Å². The van der Waals surface area contributed by atoms with Crippen LogP contribution in [0.25, 0.3) is 17.1 Å². The van der Waals surface area contributed by atoms with E-state index in [1.165, 1.54) is 11.8 Å². The van der Waals surface area contributed by atoms with Gasteiger partial charge in [0.15, 0.2) is 17.3 Å². The standard InChI is InChI=1S/C18H14N4O3S/c1-23-14-5-3-2-4-12(14)17-19-20-18-22(17)21-13(9-26-18)11-6-7-15-16(8-11)25-10-24-15/h2-9,21H,10H2,1H3. The summed E-state index contributed by atoms with van der Waals surface area (Å²) in [6.07, 6.45) is 0. The summed E-state index contributed by atoms with van der Waals surface area (Å²) in [6, 6.07) is 13.6. The molecular formula is C18H14N4O3S. The smallest absolute Gasteiger partial charge is 0.231 e. The Morgan fingerprint density at radius 1 is 1.12 bits per heavy atom. The van der Waals surface area contributed by atoms with Crippen LogP contribution < -0.4 is 19.6 Å². The summed E-state index contributed by atoms with van der Waals surface area (Å²) in [5, 5.41) is 11.4. The van der Waals surface area contributed by atoms with Crippen molar-refractivity contribution in [2.24, 2.45) is 0 Å². The highest BCUT2D eigenvalue weighted by Crippen LogP contribution is 2.38. The van der Waals surface area contributed by atoms with Crippen molar-refractivity contribution in [3.05, 3.63) is 53.4 Å². The van der Waals surface area contributed by atoms with Crippen LogP contribution in [0.5, 0.6) is 17.2 Å². The molecule has 3 aromatic rings. The molecule has 2 aromatic carbocycles. The van der Waals surface area contributed by atoms with Gasteiger partial charge in [0.25, 0.3) is 0 Å². The third kappa shape index (κ3) is 2.38. The van der Waals surface area contributed by atoms with Gasteiger partial charge in [-0.1, -0.05) is 23.9 Å². The molecule has 0 saturated heterocycles. The molecule has 0 bridgehead atoms. The first-order valence-electron chi connectivity index (χ1n) is 7.96. The molecule has 0 fully saturated rings. The van der Waals surface area contributed by atoms with Crippen LogP contribution in [-0.4, -0.2) is 28.8 Å². The number of nitrogens with zero attached hydrogens (tertiary/aromatic N) is 3. The van der Waals surface area contributed by atoms with Crippen molar-refractivity contribution in [1.82, 2.24) is 14.9 Å². The van der Waals surface area contributed by atoms with Gasteiger partial charge in [-0.2, -0.15) is 0 Å². The number of hydrogen-bond acceptors (Lipinski definition) is 7. The zero-order valence-electron chi connectivity index (χ0n) is 13.8. The van der Waals surface area contributed by atoms with E-state index < -0.39 is 0 Å².